The summed E-state index contributed by atoms with van der Waals surface area (Å²) in [6.45, 7) is 0.506. The van der Waals surface area contributed by atoms with E-state index in [0.29, 0.717) is 16.9 Å². The van der Waals surface area contributed by atoms with Crippen LogP contribution < -0.4 is 10.1 Å². The van der Waals surface area contributed by atoms with Crippen LogP contribution in [0.5, 0.6) is 5.88 Å². The molecular weight excluding hydrogens is 299 g/mol. The van der Waals surface area contributed by atoms with E-state index in [2.05, 4.69) is 26.2 Å². The van der Waals surface area contributed by atoms with Gasteiger partial charge in [0, 0.05) is 12.7 Å². The van der Waals surface area contributed by atoms with E-state index in [4.69, 9.17) is 4.74 Å². The minimum Gasteiger partial charge on any atom is -0.480 e. The first kappa shape index (κ1) is 12.8. The van der Waals surface area contributed by atoms with Crippen LogP contribution in [0.1, 0.15) is 5.56 Å². The number of nitrogens with one attached hydrogen (secondary N) is 1. The minimum absolute atomic E-state index is 0.271. The smallest absolute Gasteiger partial charge is 0.237 e. The highest BCUT2D eigenvalue weighted by Gasteiger charge is 2.04. The van der Waals surface area contributed by atoms with Crippen LogP contribution in [-0.2, 0) is 6.54 Å². The Balaban J connectivity index is 2.09. The summed E-state index contributed by atoms with van der Waals surface area (Å²) in [7, 11) is 1.56. The zero-order valence-electron chi connectivity index (χ0n) is 9.78. The summed E-state index contributed by atoms with van der Waals surface area (Å²) in [4.78, 5) is 4.07. The monoisotopic (exact) mass is 310 g/mol. The van der Waals surface area contributed by atoms with Crippen molar-refractivity contribution < 1.29 is 9.13 Å². The molecule has 5 heteroatoms. The lowest BCUT2D eigenvalue weighted by Crippen LogP contribution is -2.02. The molecule has 0 unspecified atom stereocenters. The van der Waals surface area contributed by atoms with Crippen molar-refractivity contribution >= 4 is 21.6 Å². The fourth-order valence-corrected chi connectivity index (χ4v) is 1.78. The van der Waals surface area contributed by atoms with Gasteiger partial charge in [-0.1, -0.05) is 6.07 Å². The van der Waals surface area contributed by atoms with E-state index in [1.54, 1.807) is 19.4 Å². The van der Waals surface area contributed by atoms with Crippen molar-refractivity contribution in [3.63, 3.8) is 0 Å². The topological polar surface area (TPSA) is 34.1 Å². The average molecular weight is 311 g/mol. The molecule has 1 aromatic carbocycles. The van der Waals surface area contributed by atoms with E-state index in [1.807, 2.05) is 18.2 Å². The Morgan fingerprint density at radius 2 is 2.22 bits per heavy atom. The largest absolute Gasteiger partial charge is 0.480 e. The third kappa shape index (κ3) is 2.98. The number of rotatable bonds is 4. The Morgan fingerprint density at radius 3 is 2.94 bits per heavy atom. The van der Waals surface area contributed by atoms with Crippen LogP contribution in [0.15, 0.2) is 41.0 Å². The summed E-state index contributed by atoms with van der Waals surface area (Å²) in [6, 6.07) is 8.70. The summed E-state index contributed by atoms with van der Waals surface area (Å²) in [5, 5.41) is 3.16. The Hall–Kier alpha value is -1.62. The molecule has 0 aliphatic carbocycles. The van der Waals surface area contributed by atoms with Crippen LogP contribution in [0.25, 0.3) is 0 Å². The predicted octanol–water partition coefficient (Wildman–Crippen LogP) is 3.60. The van der Waals surface area contributed by atoms with Crippen LogP contribution in [0.4, 0.5) is 10.1 Å². The third-order valence-corrected chi connectivity index (χ3v) is 3.07. The maximum absolute atomic E-state index is 13.3. The third-order valence-electron chi connectivity index (χ3n) is 2.43. The molecule has 0 bridgehead atoms. The Kier molecular flexibility index (Phi) is 4.15. The highest BCUT2D eigenvalue weighted by atomic mass is 79.9. The molecule has 0 radical (unpaired) electrons. The number of methoxy groups -OCH3 is 1. The van der Waals surface area contributed by atoms with Gasteiger partial charge in [-0.15, -0.1) is 0 Å². The lowest BCUT2D eigenvalue weighted by atomic mass is 10.2. The molecule has 0 atom stereocenters. The highest BCUT2D eigenvalue weighted by molar-refractivity contribution is 9.10. The number of hydrogen-bond acceptors (Lipinski definition) is 3. The SMILES string of the molecule is COc1ncccc1NCc1ccc(Br)c(F)c1. The van der Waals surface area contributed by atoms with E-state index in [0.717, 1.165) is 11.3 Å². The van der Waals surface area contributed by atoms with Crippen LogP contribution in [0.2, 0.25) is 0 Å². The second kappa shape index (κ2) is 5.82. The molecule has 0 spiro atoms. The second-order valence-corrected chi connectivity index (χ2v) is 4.52. The molecule has 0 aliphatic rings. The first-order valence-electron chi connectivity index (χ1n) is 5.37. The van der Waals surface area contributed by atoms with Crippen molar-refractivity contribution in [2.45, 2.75) is 6.54 Å². The number of halogens is 2. The molecule has 2 rings (SSSR count). The first-order chi connectivity index (χ1) is 8.70. The van der Waals surface area contributed by atoms with E-state index in [9.17, 15) is 4.39 Å². The van der Waals surface area contributed by atoms with E-state index >= 15 is 0 Å². The van der Waals surface area contributed by atoms with Gasteiger partial charge in [-0.2, -0.15) is 0 Å². The van der Waals surface area contributed by atoms with Gasteiger partial charge in [0.15, 0.2) is 0 Å². The van der Waals surface area contributed by atoms with Crippen molar-refractivity contribution in [3.8, 4) is 5.88 Å². The molecule has 0 amide bonds. The summed E-state index contributed by atoms with van der Waals surface area (Å²) < 4.78 is 18.9. The summed E-state index contributed by atoms with van der Waals surface area (Å²) >= 11 is 3.12. The predicted molar refractivity (Wildman–Crippen MR) is 72.2 cm³/mol. The number of nitrogens with zero attached hydrogens (tertiary/aromatic N) is 1. The number of anilines is 1. The van der Waals surface area contributed by atoms with Crippen molar-refractivity contribution in [2.75, 3.05) is 12.4 Å². The summed E-state index contributed by atoms with van der Waals surface area (Å²) in [6.07, 6.45) is 1.66. The molecule has 0 aliphatic heterocycles. The number of benzene rings is 1. The van der Waals surface area contributed by atoms with E-state index < -0.39 is 0 Å². The molecular formula is C13H12BrFN2O. The standard InChI is InChI=1S/C13H12BrFN2O/c1-18-13-12(3-2-6-16-13)17-8-9-4-5-10(14)11(15)7-9/h2-7,17H,8H2,1H3. The molecule has 0 fully saturated rings. The van der Waals surface area contributed by atoms with Gasteiger partial charge in [-0.25, -0.2) is 9.37 Å². The van der Waals surface area contributed by atoms with Crippen molar-refractivity contribution in [3.05, 3.63) is 52.4 Å². The fourth-order valence-electron chi connectivity index (χ4n) is 1.53. The summed E-state index contributed by atoms with van der Waals surface area (Å²) in [5.41, 5.74) is 1.63. The number of hydrogen-bond donors (Lipinski definition) is 1. The highest BCUT2D eigenvalue weighted by Crippen LogP contribution is 2.21. The molecule has 0 saturated carbocycles. The normalized spacial score (nSPS) is 10.2. The van der Waals surface area contributed by atoms with Crippen LogP contribution in [0.3, 0.4) is 0 Å². The first-order valence-corrected chi connectivity index (χ1v) is 6.17. The van der Waals surface area contributed by atoms with Crippen molar-refractivity contribution in [2.24, 2.45) is 0 Å². The molecule has 94 valence electrons. The lowest BCUT2D eigenvalue weighted by molar-refractivity contribution is 0.399. The zero-order valence-corrected chi connectivity index (χ0v) is 11.4. The molecule has 2 aromatic rings. The van der Waals surface area contributed by atoms with Gasteiger partial charge < -0.3 is 10.1 Å². The molecule has 3 nitrogen and oxygen atoms in total. The molecule has 0 saturated heterocycles. The van der Waals surface area contributed by atoms with Gasteiger partial charge in [-0.05, 0) is 45.8 Å². The van der Waals surface area contributed by atoms with Crippen LogP contribution >= 0.6 is 15.9 Å². The Bertz CT molecular complexity index is 548. The number of aromatic nitrogens is 1. The van der Waals surface area contributed by atoms with Gasteiger partial charge in [0.25, 0.3) is 0 Å². The van der Waals surface area contributed by atoms with Gasteiger partial charge >= 0.3 is 0 Å². The van der Waals surface area contributed by atoms with E-state index in [1.165, 1.54) is 6.07 Å². The molecule has 1 N–H and O–H groups in total. The average Bonchev–Trinajstić information content (AvgIpc) is 2.40. The number of ether oxygens (including phenoxy) is 1. The Morgan fingerprint density at radius 1 is 1.39 bits per heavy atom. The van der Waals surface area contributed by atoms with Gasteiger partial charge in [-0.3, -0.25) is 0 Å². The maximum Gasteiger partial charge on any atom is 0.237 e. The van der Waals surface area contributed by atoms with Gasteiger partial charge in [0.05, 0.1) is 17.3 Å². The van der Waals surface area contributed by atoms with Crippen LogP contribution in [0, 0.1) is 5.82 Å². The minimum atomic E-state index is -0.271. The Labute approximate surface area is 113 Å². The van der Waals surface area contributed by atoms with Gasteiger partial charge in [0.1, 0.15) is 5.82 Å². The van der Waals surface area contributed by atoms with Gasteiger partial charge in [0.2, 0.25) is 5.88 Å². The summed E-state index contributed by atoms with van der Waals surface area (Å²) in [5.74, 6) is 0.252. The van der Waals surface area contributed by atoms with Crippen LogP contribution in [-0.4, -0.2) is 12.1 Å². The molecule has 1 heterocycles. The quantitative estimate of drug-likeness (QED) is 0.937. The second-order valence-electron chi connectivity index (χ2n) is 3.66. The fraction of sp³-hybridized carbons (Fsp3) is 0.154. The number of pyridine rings is 1. The molecule has 1 aromatic heterocycles. The van der Waals surface area contributed by atoms with Crippen molar-refractivity contribution in [1.82, 2.24) is 4.98 Å². The maximum atomic E-state index is 13.3. The molecule has 18 heavy (non-hydrogen) atoms. The van der Waals surface area contributed by atoms with Crippen molar-refractivity contribution in [1.29, 1.82) is 0 Å². The zero-order chi connectivity index (χ0) is 13.0. The van der Waals surface area contributed by atoms with E-state index in [-0.39, 0.29) is 5.82 Å². The lowest BCUT2D eigenvalue weighted by Gasteiger charge is -2.10.